The highest BCUT2D eigenvalue weighted by atomic mass is 32.1. The minimum absolute atomic E-state index is 0.0309. The quantitative estimate of drug-likeness (QED) is 0.482. The maximum atomic E-state index is 12.8. The lowest BCUT2D eigenvalue weighted by Crippen LogP contribution is -2.37. The van der Waals surface area contributed by atoms with E-state index in [1.807, 2.05) is 31.2 Å². The molecule has 3 aromatic rings. The highest BCUT2D eigenvalue weighted by Crippen LogP contribution is 2.34. The molecule has 1 aliphatic rings. The molecule has 2 heterocycles. The van der Waals surface area contributed by atoms with Gasteiger partial charge < -0.3 is 14.8 Å². The van der Waals surface area contributed by atoms with E-state index < -0.39 is 6.10 Å². The van der Waals surface area contributed by atoms with Crippen molar-refractivity contribution in [2.24, 2.45) is 5.92 Å². The summed E-state index contributed by atoms with van der Waals surface area (Å²) in [6, 6.07) is 7.82. The molecule has 1 aromatic carbocycles. The molecule has 32 heavy (non-hydrogen) atoms. The van der Waals surface area contributed by atoms with Crippen LogP contribution >= 0.6 is 11.3 Å². The number of aromatic nitrogens is 2. The first-order valence-electron chi connectivity index (χ1n) is 11.5. The minimum atomic E-state index is -0.636. The largest absolute Gasteiger partial charge is 0.491 e. The Labute approximate surface area is 193 Å². The van der Waals surface area contributed by atoms with Crippen LogP contribution in [0.1, 0.15) is 48.5 Å². The van der Waals surface area contributed by atoms with Crippen molar-refractivity contribution in [3.8, 4) is 5.75 Å². The molecule has 0 spiro atoms. The molecule has 2 aromatic heterocycles. The summed E-state index contributed by atoms with van der Waals surface area (Å²) in [7, 11) is 0. The fraction of sp³-hybridized carbons (Fsp3) is 0.520. The Kier molecular flexibility index (Phi) is 7.28. The van der Waals surface area contributed by atoms with Crippen LogP contribution in [0.3, 0.4) is 0 Å². The van der Waals surface area contributed by atoms with Gasteiger partial charge in [0, 0.05) is 11.4 Å². The van der Waals surface area contributed by atoms with E-state index in [1.165, 1.54) is 10.4 Å². The van der Waals surface area contributed by atoms with Crippen molar-refractivity contribution in [1.29, 1.82) is 0 Å². The third-order valence-corrected chi connectivity index (χ3v) is 7.20. The van der Waals surface area contributed by atoms with Crippen LogP contribution < -0.4 is 10.3 Å². The van der Waals surface area contributed by atoms with E-state index >= 15 is 0 Å². The van der Waals surface area contributed by atoms with Crippen LogP contribution in [-0.4, -0.2) is 45.8 Å². The number of H-pyrrole nitrogens is 1. The van der Waals surface area contributed by atoms with Crippen LogP contribution in [0.15, 0.2) is 29.1 Å². The summed E-state index contributed by atoms with van der Waals surface area (Å²) in [6.45, 7) is 8.38. The normalized spacial score (nSPS) is 14.4. The van der Waals surface area contributed by atoms with Crippen LogP contribution in [0.25, 0.3) is 10.2 Å². The molecule has 0 bridgehead atoms. The van der Waals surface area contributed by atoms with Gasteiger partial charge in [-0.3, -0.25) is 9.69 Å². The molecule has 7 heteroatoms. The Morgan fingerprint density at radius 2 is 2.09 bits per heavy atom. The monoisotopic (exact) mass is 455 g/mol. The Morgan fingerprint density at radius 3 is 2.88 bits per heavy atom. The Morgan fingerprint density at radius 1 is 1.28 bits per heavy atom. The Hall–Kier alpha value is -2.22. The number of nitrogens with one attached hydrogen (secondary N) is 1. The van der Waals surface area contributed by atoms with Gasteiger partial charge in [-0.1, -0.05) is 32.0 Å². The molecule has 0 aliphatic heterocycles. The van der Waals surface area contributed by atoms with Crippen molar-refractivity contribution in [3.63, 3.8) is 0 Å². The number of benzene rings is 1. The molecule has 0 saturated heterocycles. The topological polar surface area (TPSA) is 78.5 Å². The SMILES string of the molecule is Cc1ccccc1OCC(O)CN(CCC(C)C)Cc1nc2sc3c(c2c(=O)[nH]1)CCC3. The average molecular weight is 456 g/mol. The lowest BCUT2D eigenvalue weighted by molar-refractivity contribution is 0.0628. The highest BCUT2D eigenvalue weighted by Gasteiger charge is 2.22. The van der Waals surface area contributed by atoms with Gasteiger partial charge >= 0.3 is 0 Å². The maximum Gasteiger partial charge on any atom is 0.259 e. The number of fused-ring (bicyclic) bond motifs is 3. The number of rotatable bonds is 10. The van der Waals surface area contributed by atoms with Gasteiger partial charge in [0.2, 0.25) is 0 Å². The number of para-hydroxylation sites is 1. The number of thiophene rings is 1. The maximum absolute atomic E-state index is 12.8. The van der Waals surface area contributed by atoms with Crippen LogP contribution in [0.2, 0.25) is 0 Å². The number of hydrogen-bond donors (Lipinski definition) is 2. The van der Waals surface area contributed by atoms with Gasteiger partial charge in [0.25, 0.3) is 5.56 Å². The number of hydrogen-bond acceptors (Lipinski definition) is 6. The highest BCUT2D eigenvalue weighted by molar-refractivity contribution is 7.18. The zero-order chi connectivity index (χ0) is 22.7. The second-order valence-corrected chi connectivity index (χ2v) is 10.3. The summed E-state index contributed by atoms with van der Waals surface area (Å²) < 4.78 is 5.84. The van der Waals surface area contributed by atoms with E-state index in [0.29, 0.717) is 24.8 Å². The Bertz CT molecular complexity index is 1120. The van der Waals surface area contributed by atoms with Crippen LogP contribution in [0.5, 0.6) is 5.75 Å². The molecule has 6 nitrogen and oxygen atoms in total. The van der Waals surface area contributed by atoms with Crippen molar-refractivity contribution < 1.29 is 9.84 Å². The fourth-order valence-electron chi connectivity index (χ4n) is 4.26. The van der Waals surface area contributed by atoms with E-state index in [2.05, 4.69) is 23.7 Å². The lowest BCUT2D eigenvalue weighted by Gasteiger charge is -2.25. The molecule has 0 radical (unpaired) electrons. The van der Waals surface area contributed by atoms with Crippen LogP contribution in [0, 0.1) is 12.8 Å². The molecule has 0 amide bonds. The first-order chi connectivity index (χ1) is 15.4. The number of aliphatic hydroxyl groups is 1. The zero-order valence-corrected chi connectivity index (χ0v) is 20.0. The van der Waals surface area contributed by atoms with Crippen molar-refractivity contribution in [3.05, 3.63) is 56.4 Å². The third kappa shape index (κ3) is 5.39. The first kappa shape index (κ1) is 23.0. The summed E-state index contributed by atoms with van der Waals surface area (Å²) in [4.78, 5) is 24.9. The molecular formula is C25H33N3O3S. The third-order valence-electron chi connectivity index (χ3n) is 6.01. The lowest BCUT2D eigenvalue weighted by atomic mass is 10.1. The van der Waals surface area contributed by atoms with Crippen LogP contribution in [-0.2, 0) is 19.4 Å². The van der Waals surface area contributed by atoms with Gasteiger partial charge in [-0.2, -0.15) is 0 Å². The van der Waals surface area contributed by atoms with E-state index in [1.54, 1.807) is 11.3 Å². The summed E-state index contributed by atoms with van der Waals surface area (Å²) >= 11 is 1.66. The van der Waals surface area contributed by atoms with Gasteiger partial charge in [0.05, 0.1) is 11.9 Å². The average Bonchev–Trinajstić information content (AvgIpc) is 3.32. The smallest absolute Gasteiger partial charge is 0.259 e. The van der Waals surface area contributed by atoms with Crippen LogP contribution in [0.4, 0.5) is 0 Å². The molecule has 2 N–H and O–H groups in total. The fourth-order valence-corrected chi connectivity index (χ4v) is 5.55. The standard InChI is InChI=1S/C25H33N3O3S/c1-16(2)11-12-28(13-18(29)15-31-20-9-5-4-7-17(20)3)14-22-26-24(30)23-19-8-6-10-21(19)32-25(23)27-22/h4-5,7,9,16,18,29H,6,8,10-15H2,1-3H3,(H,26,27,30). The van der Waals surface area contributed by atoms with Gasteiger partial charge in [-0.15, -0.1) is 11.3 Å². The predicted octanol–water partition coefficient (Wildman–Crippen LogP) is 4.07. The molecule has 0 saturated carbocycles. The van der Waals surface area contributed by atoms with E-state index in [4.69, 9.17) is 9.72 Å². The number of aromatic amines is 1. The van der Waals surface area contributed by atoms with Gasteiger partial charge in [0.15, 0.2) is 0 Å². The van der Waals surface area contributed by atoms with E-state index in [0.717, 1.165) is 53.8 Å². The van der Waals surface area contributed by atoms with Gasteiger partial charge in [0.1, 0.15) is 29.1 Å². The zero-order valence-electron chi connectivity index (χ0n) is 19.2. The van der Waals surface area contributed by atoms with E-state index in [-0.39, 0.29) is 12.2 Å². The van der Waals surface area contributed by atoms with E-state index in [9.17, 15) is 9.90 Å². The number of nitrogens with zero attached hydrogens (tertiary/aromatic N) is 2. The van der Waals surface area contributed by atoms with Gasteiger partial charge in [-0.25, -0.2) is 4.98 Å². The van der Waals surface area contributed by atoms with Crippen molar-refractivity contribution in [2.45, 2.75) is 59.1 Å². The number of aliphatic hydroxyl groups excluding tert-OH is 1. The molecule has 1 unspecified atom stereocenters. The molecule has 1 aliphatic carbocycles. The molecule has 172 valence electrons. The number of ether oxygens (including phenoxy) is 1. The minimum Gasteiger partial charge on any atom is -0.491 e. The molecule has 1 atom stereocenters. The Balaban J connectivity index is 1.45. The molecular weight excluding hydrogens is 422 g/mol. The summed E-state index contributed by atoms with van der Waals surface area (Å²) in [6.07, 6.45) is 3.53. The second-order valence-electron chi connectivity index (χ2n) is 9.20. The number of aryl methyl sites for hydroxylation is 3. The predicted molar refractivity (Wildman–Crippen MR) is 130 cm³/mol. The first-order valence-corrected chi connectivity index (χ1v) is 12.3. The summed E-state index contributed by atoms with van der Waals surface area (Å²) in [5.74, 6) is 2.01. The summed E-state index contributed by atoms with van der Waals surface area (Å²) in [5, 5.41) is 11.4. The van der Waals surface area contributed by atoms with Crippen molar-refractivity contribution >= 4 is 21.6 Å². The van der Waals surface area contributed by atoms with Crippen molar-refractivity contribution in [2.75, 3.05) is 19.7 Å². The van der Waals surface area contributed by atoms with Crippen molar-refractivity contribution in [1.82, 2.24) is 14.9 Å². The summed E-state index contributed by atoms with van der Waals surface area (Å²) in [5.41, 5.74) is 2.22. The molecule has 0 fully saturated rings. The second kappa shape index (κ2) is 10.1. The van der Waals surface area contributed by atoms with Gasteiger partial charge in [-0.05, 0) is 62.3 Å². The molecule has 4 rings (SSSR count).